The van der Waals surface area contributed by atoms with Crippen LogP contribution in [-0.2, 0) is 5.41 Å². The summed E-state index contributed by atoms with van der Waals surface area (Å²) in [6, 6.07) is 55.6. The number of aromatic nitrogens is 2. The molecule has 2 aromatic heterocycles. The van der Waals surface area contributed by atoms with Gasteiger partial charge in [-0.25, -0.2) is 4.98 Å². The van der Waals surface area contributed by atoms with Gasteiger partial charge in [-0.1, -0.05) is 119 Å². The molecule has 2 aliphatic rings. The van der Waals surface area contributed by atoms with Crippen molar-refractivity contribution in [1.29, 1.82) is 0 Å². The smallest absolute Gasteiger partial charge is 0.145 e. The zero-order valence-electron chi connectivity index (χ0n) is 25.6. The number of nitrogens with zero attached hydrogens (tertiary/aromatic N) is 2. The number of halogens is 1. The maximum absolute atomic E-state index is 5.27. The van der Waals surface area contributed by atoms with Crippen LogP contribution in [0.3, 0.4) is 0 Å². The Morgan fingerprint density at radius 3 is 2.12 bits per heavy atom. The van der Waals surface area contributed by atoms with E-state index in [-0.39, 0.29) is 0 Å². The van der Waals surface area contributed by atoms with Gasteiger partial charge in [-0.15, -0.1) is 11.3 Å². The second-order valence-corrected chi connectivity index (χ2v) is 14.7. The van der Waals surface area contributed by atoms with Crippen LogP contribution in [0.5, 0.6) is 0 Å². The molecule has 4 heteroatoms. The minimum atomic E-state index is -0.457. The highest BCUT2D eigenvalue weighted by Crippen LogP contribution is 2.65. The fraction of sp³-hybridized carbons (Fsp3) is 0.0227. The summed E-state index contributed by atoms with van der Waals surface area (Å²) in [5.74, 6) is 0.950. The highest BCUT2D eigenvalue weighted by atomic mass is 79.9. The van der Waals surface area contributed by atoms with Gasteiger partial charge in [-0.2, -0.15) is 0 Å². The van der Waals surface area contributed by atoms with Crippen molar-refractivity contribution in [2.45, 2.75) is 5.41 Å². The summed E-state index contributed by atoms with van der Waals surface area (Å²) >= 11 is 5.82. The molecule has 2 aliphatic carbocycles. The van der Waals surface area contributed by atoms with Crippen LogP contribution in [0.15, 0.2) is 156 Å². The van der Waals surface area contributed by atoms with E-state index in [0.717, 1.165) is 32.6 Å². The van der Waals surface area contributed by atoms with Gasteiger partial charge in [0.1, 0.15) is 5.82 Å². The van der Waals surface area contributed by atoms with Gasteiger partial charge < -0.3 is 0 Å². The van der Waals surface area contributed by atoms with E-state index in [1.54, 1.807) is 0 Å². The maximum atomic E-state index is 5.27. The zero-order chi connectivity index (χ0) is 31.6. The molecule has 0 radical (unpaired) electrons. The zero-order valence-corrected chi connectivity index (χ0v) is 28.0. The van der Waals surface area contributed by atoms with Crippen LogP contribution in [0.25, 0.3) is 70.5 Å². The molecule has 0 saturated carbocycles. The van der Waals surface area contributed by atoms with E-state index in [9.17, 15) is 0 Å². The van der Waals surface area contributed by atoms with Crippen molar-refractivity contribution in [3.8, 4) is 39.3 Å². The third-order valence-electron chi connectivity index (χ3n) is 10.5. The molecule has 0 N–H and O–H groups in total. The largest absolute Gasteiger partial charge is 0.292 e. The van der Waals surface area contributed by atoms with Gasteiger partial charge in [-0.05, 0) is 93.0 Å². The lowest BCUT2D eigenvalue weighted by molar-refractivity contribution is 0.794. The molecule has 9 aromatic rings. The predicted molar refractivity (Wildman–Crippen MR) is 203 cm³/mol. The van der Waals surface area contributed by atoms with Crippen molar-refractivity contribution >= 4 is 58.5 Å². The molecule has 224 valence electrons. The summed E-state index contributed by atoms with van der Waals surface area (Å²) in [5.41, 5.74) is 14.5. The van der Waals surface area contributed by atoms with Crippen LogP contribution in [0, 0.1) is 0 Å². The Hall–Kier alpha value is -5.29. The topological polar surface area (TPSA) is 17.8 Å². The molecular formula is C44H25BrN2S. The molecule has 48 heavy (non-hydrogen) atoms. The number of imidazole rings is 1. The van der Waals surface area contributed by atoms with E-state index in [4.69, 9.17) is 4.98 Å². The number of hydrogen-bond acceptors (Lipinski definition) is 2. The van der Waals surface area contributed by atoms with Crippen LogP contribution in [0.2, 0.25) is 0 Å². The molecule has 1 spiro atoms. The third kappa shape index (κ3) is 3.29. The molecule has 0 saturated heterocycles. The number of rotatable bonds is 2. The quantitative estimate of drug-likeness (QED) is 0.176. The molecular weight excluding hydrogens is 668 g/mol. The average molecular weight is 694 g/mol. The van der Waals surface area contributed by atoms with Gasteiger partial charge in [0.25, 0.3) is 0 Å². The normalized spacial score (nSPS) is 15.7. The van der Waals surface area contributed by atoms with Gasteiger partial charge in [0.2, 0.25) is 0 Å². The number of benzene rings is 7. The van der Waals surface area contributed by atoms with Crippen molar-refractivity contribution in [3.63, 3.8) is 0 Å². The Kier molecular flexibility index (Phi) is 5.37. The van der Waals surface area contributed by atoms with E-state index in [1.165, 1.54) is 64.7 Å². The molecule has 2 heterocycles. The van der Waals surface area contributed by atoms with Gasteiger partial charge >= 0.3 is 0 Å². The molecule has 0 fully saturated rings. The number of hydrogen-bond donors (Lipinski definition) is 0. The minimum Gasteiger partial charge on any atom is -0.292 e. The monoisotopic (exact) mass is 692 g/mol. The van der Waals surface area contributed by atoms with Gasteiger partial charge in [0.15, 0.2) is 0 Å². The Balaban J connectivity index is 1.27. The molecule has 1 unspecified atom stereocenters. The highest BCUT2D eigenvalue weighted by Gasteiger charge is 2.52. The Labute approximate surface area is 289 Å². The standard InChI is InChI=1S/C44H25BrN2S/c45-35-17-10-20-38-41(35)42-39(48-38)24-23-33-40(42)30-14-5-7-16-32(30)44(33)31-15-6-4-13-28(31)29-22-21-26(25-34(29)44)43-46-36-18-8-9-19-37(36)47(43)27-11-2-1-3-12-27/h1-25H. The van der Waals surface area contributed by atoms with Crippen molar-refractivity contribution in [1.82, 2.24) is 9.55 Å². The number of fused-ring (bicyclic) bond motifs is 15. The Morgan fingerprint density at radius 2 is 1.25 bits per heavy atom. The molecule has 0 aliphatic heterocycles. The summed E-state index contributed by atoms with van der Waals surface area (Å²) in [6.07, 6.45) is 0. The first-order valence-corrected chi connectivity index (χ1v) is 17.9. The third-order valence-corrected chi connectivity index (χ3v) is 12.3. The lowest BCUT2D eigenvalue weighted by Gasteiger charge is -2.30. The van der Waals surface area contributed by atoms with Crippen molar-refractivity contribution in [2.24, 2.45) is 0 Å². The van der Waals surface area contributed by atoms with Crippen LogP contribution >= 0.6 is 27.3 Å². The predicted octanol–water partition coefficient (Wildman–Crippen LogP) is 12.2. The highest BCUT2D eigenvalue weighted by molar-refractivity contribution is 9.10. The van der Waals surface area contributed by atoms with Crippen molar-refractivity contribution in [3.05, 3.63) is 178 Å². The second kappa shape index (κ2) is 9.63. The lowest BCUT2D eigenvalue weighted by atomic mass is 9.70. The number of thiophene rings is 1. The first-order chi connectivity index (χ1) is 23.7. The van der Waals surface area contributed by atoms with E-state index in [1.807, 2.05) is 11.3 Å². The van der Waals surface area contributed by atoms with Crippen LogP contribution in [-0.4, -0.2) is 9.55 Å². The SMILES string of the molecule is Brc1cccc2sc3ccc4c(c3c12)-c1ccccc1C41c2ccccc2-c2ccc(-c3nc4ccccc4n3-c3ccccc3)cc21. The molecule has 7 aromatic carbocycles. The Morgan fingerprint density at radius 1 is 0.542 bits per heavy atom. The molecule has 11 rings (SSSR count). The van der Waals surface area contributed by atoms with E-state index in [2.05, 4.69) is 172 Å². The lowest BCUT2D eigenvalue weighted by Crippen LogP contribution is -2.25. The fourth-order valence-electron chi connectivity index (χ4n) is 8.69. The van der Waals surface area contributed by atoms with Crippen molar-refractivity contribution < 1.29 is 0 Å². The first kappa shape index (κ1) is 26.7. The maximum Gasteiger partial charge on any atom is 0.145 e. The Bertz CT molecular complexity index is 2810. The van der Waals surface area contributed by atoms with Crippen LogP contribution in [0.4, 0.5) is 0 Å². The molecule has 1 atom stereocenters. The van der Waals surface area contributed by atoms with Gasteiger partial charge in [0, 0.05) is 35.9 Å². The van der Waals surface area contributed by atoms with Gasteiger partial charge in [0.05, 0.1) is 16.4 Å². The van der Waals surface area contributed by atoms with E-state index in [0.29, 0.717) is 0 Å². The molecule has 0 bridgehead atoms. The second-order valence-electron chi connectivity index (χ2n) is 12.8. The summed E-state index contributed by atoms with van der Waals surface area (Å²) < 4.78 is 6.08. The minimum absolute atomic E-state index is 0.457. The molecule has 0 amide bonds. The average Bonchev–Trinajstić information content (AvgIpc) is 3.87. The van der Waals surface area contributed by atoms with Crippen LogP contribution in [0.1, 0.15) is 22.3 Å². The van der Waals surface area contributed by atoms with Gasteiger partial charge in [-0.3, -0.25) is 4.57 Å². The summed E-state index contributed by atoms with van der Waals surface area (Å²) in [4.78, 5) is 5.27. The first-order valence-electron chi connectivity index (χ1n) is 16.3. The summed E-state index contributed by atoms with van der Waals surface area (Å²) in [5, 5.41) is 2.65. The van der Waals surface area contributed by atoms with Crippen molar-refractivity contribution in [2.75, 3.05) is 0 Å². The van der Waals surface area contributed by atoms with Crippen LogP contribution < -0.4 is 0 Å². The number of para-hydroxylation sites is 3. The molecule has 2 nitrogen and oxygen atoms in total. The van der Waals surface area contributed by atoms with E-state index >= 15 is 0 Å². The summed E-state index contributed by atoms with van der Waals surface area (Å²) in [7, 11) is 0. The van der Waals surface area contributed by atoms with E-state index < -0.39 is 5.41 Å². The fourth-order valence-corrected chi connectivity index (χ4v) is 10.5. The summed E-state index contributed by atoms with van der Waals surface area (Å²) in [6.45, 7) is 0.